The molecule has 122 valence electrons. The summed E-state index contributed by atoms with van der Waals surface area (Å²) in [6, 6.07) is 9.48. The van der Waals surface area contributed by atoms with Gasteiger partial charge in [-0.25, -0.2) is 9.97 Å². The van der Waals surface area contributed by atoms with Gasteiger partial charge in [-0.3, -0.25) is 0 Å². The van der Waals surface area contributed by atoms with Crippen molar-refractivity contribution in [1.29, 1.82) is 0 Å². The molecule has 7 heteroatoms. The van der Waals surface area contributed by atoms with Gasteiger partial charge in [-0.15, -0.1) is 0 Å². The number of nitrogens with zero attached hydrogens (tertiary/aromatic N) is 5. The Hall–Kier alpha value is -2.96. The Morgan fingerprint density at radius 2 is 2.08 bits per heavy atom. The van der Waals surface area contributed by atoms with Gasteiger partial charge < -0.3 is 14.2 Å². The standard InChI is InChI=1S/C17H17N5O2/c1-12-20-17(24-21-12)14-5-4-9-19-16(14)22-10-7-13(11-22)23-15-6-2-3-8-18-15/h2-6,8-9,13H,7,10-11H2,1H3/t13-/m1/s1. The summed E-state index contributed by atoms with van der Waals surface area (Å²) in [5, 5.41) is 3.87. The molecule has 0 unspecified atom stereocenters. The van der Waals surface area contributed by atoms with E-state index in [1.54, 1.807) is 19.3 Å². The van der Waals surface area contributed by atoms with Crippen LogP contribution < -0.4 is 9.64 Å². The van der Waals surface area contributed by atoms with Crippen LogP contribution in [0.5, 0.6) is 5.88 Å². The van der Waals surface area contributed by atoms with Crippen LogP contribution in [0.15, 0.2) is 47.2 Å². The summed E-state index contributed by atoms with van der Waals surface area (Å²) in [7, 11) is 0. The highest BCUT2D eigenvalue weighted by atomic mass is 16.5. The van der Waals surface area contributed by atoms with Gasteiger partial charge in [0.15, 0.2) is 5.82 Å². The largest absolute Gasteiger partial charge is 0.472 e. The summed E-state index contributed by atoms with van der Waals surface area (Å²) in [5.41, 5.74) is 0.844. The van der Waals surface area contributed by atoms with Crippen molar-refractivity contribution in [3.8, 4) is 17.3 Å². The quantitative estimate of drug-likeness (QED) is 0.730. The zero-order chi connectivity index (χ0) is 16.4. The van der Waals surface area contributed by atoms with Gasteiger partial charge in [0.25, 0.3) is 5.89 Å². The Bertz CT molecular complexity index is 821. The van der Waals surface area contributed by atoms with Crippen LogP contribution in [0.3, 0.4) is 0 Å². The summed E-state index contributed by atoms with van der Waals surface area (Å²) in [4.78, 5) is 15.2. The van der Waals surface area contributed by atoms with Crippen molar-refractivity contribution in [2.45, 2.75) is 19.4 Å². The summed E-state index contributed by atoms with van der Waals surface area (Å²) in [6.07, 6.45) is 4.50. The molecule has 0 N–H and O–H groups in total. The number of anilines is 1. The molecule has 1 fully saturated rings. The molecule has 0 bridgehead atoms. The fraction of sp³-hybridized carbons (Fsp3) is 0.294. The van der Waals surface area contributed by atoms with Crippen LogP contribution >= 0.6 is 0 Å². The van der Waals surface area contributed by atoms with Crippen LogP contribution in [-0.4, -0.2) is 39.3 Å². The van der Waals surface area contributed by atoms with Crippen LogP contribution in [-0.2, 0) is 0 Å². The lowest BCUT2D eigenvalue weighted by atomic mass is 10.2. The zero-order valence-corrected chi connectivity index (χ0v) is 13.3. The third kappa shape index (κ3) is 2.92. The fourth-order valence-corrected chi connectivity index (χ4v) is 2.83. The first-order valence-electron chi connectivity index (χ1n) is 7.88. The summed E-state index contributed by atoms with van der Waals surface area (Å²) >= 11 is 0. The van der Waals surface area contributed by atoms with Crippen molar-refractivity contribution in [3.63, 3.8) is 0 Å². The lowest BCUT2D eigenvalue weighted by molar-refractivity contribution is 0.216. The molecule has 3 aromatic heterocycles. The number of hydrogen-bond acceptors (Lipinski definition) is 7. The Balaban J connectivity index is 1.53. The Labute approximate surface area is 139 Å². The predicted molar refractivity (Wildman–Crippen MR) is 87.7 cm³/mol. The molecule has 0 aromatic carbocycles. The van der Waals surface area contributed by atoms with Crippen molar-refractivity contribution in [2.75, 3.05) is 18.0 Å². The van der Waals surface area contributed by atoms with Gasteiger partial charge in [0.2, 0.25) is 5.88 Å². The van der Waals surface area contributed by atoms with Crippen LogP contribution in [0, 0.1) is 6.92 Å². The molecule has 0 spiro atoms. The highest BCUT2D eigenvalue weighted by Gasteiger charge is 2.28. The minimum atomic E-state index is 0.0826. The van der Waals surface area contributed by atoms with E-state index in [4.69, 9.17) is 9.26 Å². The number of aromatic nitrogens is 4. The third-order valence-corrected chi connectivity index (χ3v) is 3.91. The Morgan fingerprint density at radius 1 is 1.17 bits per heavy atom. The third-order valence-electron chi connectivity index (χ3n) is 3.91. The molecule has 7 nitrogen and oxygen atoms in total. The van der Waals surface area contributed by atoms with Gasteiger partial charge in [-0.2, -0.15) is 4.98 Å². The maximum Gasteiger partial charge on any atom is 0.261 e. The molecule has 3 aromatic rings. The molecular formula is C17H17N5O2. The average Bonchev–Trinajstić information content (AvgIpc) is 3.25. The Kier molecular flexibility index (Phi) is 3.82. The molecule has 1 atom stereocenters. The summed E-state index contributed by atoms with van der Waals surface area (Å²) in [5.74, 6) is 2.59. The van der Waals surface area contributed by atoms with Crippen LogP contribution in [0.2, 0.25) is 0 Å². The number of ether oxygens (including phenoxy) is 1. The molecule has 1 aliphatic heterocycles. The summed E-state index contributed by atoms with van der Waals surface area (Å²) < 4.78 is 11.2. The normalized spacial score (nSPS) is 17.2. The van der Waals surface area contributed by atoms with Crippen LogP contribution in [0.1, 0.15) is 12.2 Å². The van der Waals surface area contributed by atoms with E-state index in [2.05, 4.69) is 25.0 Å². The number of hydrogen-bond donors (Lipinski definition) is 0. The molecular weight excluding hydrogens is 306 g/mol. The Morgan fingerprint density at radius 3 is 2.88 bits per heavy atom. The predicted octanol–water partition coefficient (Wildman–Crippen LogP) is 2.49. The van der Waals surface area contributed by atoms with Gasteiger partial charge >= 0.3 is 0 Å². The van der Waals surface area contributed by atoms with Crippen molar-refractivity contribution in [1.82, 2.24) is 20.1 Å². The second-order valence-corrected chi connectivity index (χ2v) is 5.66. The molecule has 4 rings (SSSR count). The molecule has 0 aliphatic carbocycles. The first-order valence-corrected chi connectivity index (χ1v) is 7.88. The zero-order valence-electron chi connectivity index (χ0n) is 13.3. The van der Waals surface area contributed by atoms with Gasteiger partial charge in [0, 0.05) is 31.4 Å². The second-order valence-electron chi connectivity index (χ2n) is 5.66. The van der Waals surface area contributed by atoms with Gasteiger partial charge in [0.05, 0.1) is 12.1 Å². The molecule has 24 heavy (non-hydrogen) atoms. The van der Waals surface area contributed by atoms with E-state index in [0.29, 0.717) is 17.6 Å². The van der Waals surface area contributed by atoms with E-state index in [1.165, 1.54) is 0 Å². The van der Waals surface area contributed by atoms with E-state index in [0.717, 1.165) is 30.9 Å². The summed E-state index contributed by atoms with van der Waals surface area (Å²) in [6.45, 7) is 3.40. The molecule has 1 aliphatic rings. The van der Waals surface area contributed by atoms with Gasteiger partial charge in [-0.05, 0) is 25.1 Å². The van der Waals surface area contributed by atoms with E-state index in [9.17, 15) is 0 Å². The highest BCUT2D eigenvalue weighted by Crippen LogP contribution is 2.30. The monoisotopic (exact) mass is 323 g/mol. The van der Waals surface area contributed by atoms with E-state index >= 15 is 0 Å². The van der Waals surface area contributed by atoms with Crippen molar-refractivity contribution in [2.24, 2.45) is 0 Å². The fourth-order valence-electron chi connectivity index (χ4n) is 2.83. The second kappa shape index (κ2) is 6.27. The molecule has 0 radical (unpaired) electrons. The lowest BCUT2D eigenvalue weighted by Crippen LogP contribution is -2.25. The van der Waals surface area contributed by atoms with E-state index in [-0.39, 0.29) is 6.10 Å². The number of rotatable bonds is 4. The first kappa shape index (κ1) is 14.6. The van der Waals surface area contributed by atoms with Crippen molar-refractivity contribution in [3.05, 3.63) is 48.5 Å². The van der Waals surface area contributed by atoms with E-state index < -0.39 is 0 Å². The van der Waals surface area contributed by atoms with Gasteiger partial charge in [-0.1, -0.05) is 11.2 Å². The van der Waals surface area contributed by atoms with Crippen LogP contribution in [0.4, 0.5) is 5.82 Å². The maximum absolute atomic E-state index is 5.94. The molecule has 0 amide bonds. The molecule has 4 heterocycles. The smallest absolute Gasteiger partial charge is 0.261 e. The molecule has 1 saturated heterocycles. The maximum atomic E-state index is 5.94. The average molecular weight is 323 g/mol. The first-order chi connectivity index (χ1) is 11.8. The van der Waals surface area contributed by atoms with Gasteiger partial charge in [0.1, 0.15) is 11.9 Å². The highest BCUT2D eigenvalue weighted by molar-refractivity contribution is 5.70. The lowest BCUT2D eigenvalue weighted by Gasteiger charge is -2.19. The topological polar surface area (TPSA) is 77.2 Å². The van der Waals surface area contributed by atoms with E-state index in [1.807, 2.05) is 30.3 Å². The van der Waals surface area contributed by atoms with Crippen molar-refractivity contribution >= 4 is 5.82 Å². The van der Waals surface area contributed by atoms with Crippen molar-refractivity contribution < 1.29 is 9.26 Å². The molecule has 0 saturated carbocycles. The SMILES string of the molecule is Cc1noc(-c2cccnc2N2CC[C@@H](Oc3ccccn3)C2)n1. The number of pyridine rings is 2. The minimum absolute atomic E-state index is 0.0826. The minimum Gasteiger partial charge on any atom is -0.472 e. The van der Waals surface area contributed by atoms with Crippen LogP contribution in [0.25, 0.3) is 11.5 Å². The number of aryl methyl sites for hydroxylation is 1.